The first-order valence-electron chi connectivity index (χ1n) is 10.9. The monoisotopic (exact) mass is 368 g/mol. The number of hydrogen-bond donors (Lipinski definition) is 0. The molecule has 0 amide bonds. The Morgan fingerprint density at radius 2 is 1.68 bits per heavy atom. The van der Waals surface area contributed by atoms with Gasteiger partial charge < -0.3 is 0 Å². The number of rotatable bonds is 1. The molecule has 0 saturated heterocycles. The van der Waals surface area contributed by atoms with Crippen molar-refractivity contribution in [1.82, 2.24) is 9.97 Å². The second kappa shape index (κ2) is 5.64. The minimum Gasteiger partial charge on any atom is -0.255 e. The Hall–Kier alpha value is -2.74. The summed E-state index contributed by atoms with van der Waals surface area (Å²) in [4.78, 5) is 9.56. The molecule has 2 aromatic carbocycles. The highest BCUT2D eigenvalue weighted by Crippen LogP contribution is 2.48. The van der Waals surface area contributed by atoms with Crippen LogP contribution in [-0.4, -0.2) is 9.97 Å². The van der Waals surface area contributed by atoms with Gasteiger partial charge >= 0.3 is 0 Å². The molecule has 5 rings (SSSR count). The van der Waals surface area contributed by atoms with Crippen LogP contribution >= 0.6 is 0 Å². The van der Waals surface area contributed by atoms with E-state index in [4.69, 9.17) is 12.7 Å². The third-order valence-electron chi connectivity index (χ3n) is 5.71. The van der Waals surface area contributed by atoms with Crippen LogP contribution < -0.4 is 0 Å². The van der Waals surface area contributed by atoms with E-state index in [0.29, 0.717) is 5.69 Å². The minimum absolute atomic E-state index is 0.292. The second-order valence-corrected chi connectivity index (χ2v) is 9.35. The first kappa shape index (κ1) is 15.2. The van der Waals surface area contributed by atoms with Crippen LogP contribution in [0.15, 0.2) is 54.7 Å². The van der Waals surface area contributed by atoms with Crippen molar-refractivity contribution in [2.45, 2.75) is 46.4 Å². The molecule has 2 heterocycles. The molecule has 140 valence electrons. The van der Waals surface area contributed by atoms with Gasteiger partial charge in [-0.15, -0.1) is 0 Å². The third kappa shape index (κ3) is 2.55. The lowest BCUT2D eigenvalue weighted by atomic mass is 9.69. The molecule has 1 aliphatic rings. The molecule has 0 bridgehead atoms. The summed E-state index contributed by atoms with van der Waals surface area (Å²) in [6.45, 7) is 10.2. The van der Waals surface area contributed by atoms with Gasteiger partial charge in [-0.3, -0.25) is 9.97 Å². The zero-order valence-electron chi connectivity index (χ0n) is 19.1. The number of nitrogens with zero attached hydrogens (tertiary/aromatic N) is 2. The average Bonchev–Trinajstić information content (AvgIpc) is 2.69. The van der Waals surface area contributed by atoms with Crippen LogP contribution in [0.2, 0.25) is 0 Å². The first-order chi connectivity index (χ1) is 14.0. The van der Waals surface area contributed by atoms with Gasteiger partial charge in [0.15, 0.2) is 0 Å². The fourth-order valence-electron chi connectivity index (χ4n) is 4.43. The second-order valence-electron chi connectivity index (χ2n) is 9.35. The molecule has 0 radical (unpaired) electrons. The van der Waals surface area contributed by atoms with Crippen molar-refractivity contribution in [2.75, 3.05) is 0 Å². The van der Waals surface area contributed by atoms with Crippen LogP contribution in [-0.2, 0) is 11.8 Å². The van der Waals surface area contributed by atoms with Crippen molar-refractivity contribution in [3.05, 3.63) is 71.5 Å². The molecule has 0 saturated carbocycles. The maximum atomic E-state index is 8.81. The Bertz CT molecular complexity index is 1330. The van der Waals surface area contributed by atoms with Gasteiger partial charge in [-0.2, -0.15) is 0 Å². The molecule has 2 aromatic heterocycles. The summed E-state index contributed by atoms with van der Waals surface area (Å²) < 4.78 is 17.6. The van der Waals surface area contributed by atoms with E-state index in [9.17, 15) is 0 Å². The highest BCUT2D eigenvalue weighted by Gasteiger charge is 2.35. The molecule has 0 spiro atoms. The lowest BCUT2D eigenvalue weighted by molar-refractivity contribution is 0.406. The molecule has 0 fully saturated rings. The molecular formula is C26H26N2. The molecule has 1 aliphatic carbocycles. The van der Waals surface area contributed by atoms with Crippen molar-refractivity contribution >= 4 is 21.7 Å². The van der Waals surface area contributed by atoms with E-state index in [1.807, 2.05) is 32.9 Å². The fourth-order valence-corrected chi connectivity index (χ4v) is 4.43. The largest absolute Gasteiger partial charge is 0.255 e. The van der Waals surface area contributed by atoms with Crippen LogP contribution in [0.1, 0.15) is 54.2 Å². The standard InChI is InChI=1S/C26H26N2/c1-25(2,3)15-18-14-21-23-22(28-18)10-11-27-24(23)19-12-16-8-6-7-9-17(16)13-20(19)26(21,4)5/h6-14H,15H2,1-5H3/i15D2. The van der Waals surface area contributed by atoms with E-state index < -0.39 is 11.8 Å². The molecule has 4 aromatic rings. The van der Waals surface area contributed by atoms with Gasteiger partial charge in [-0.1, -0.05) is 58.9 Å². The molecule has 2 heteroatoms. The summed E-state index contributed by atoms with van der Waals surface area (Å²) in [6.07, 6.45) is 0.239. The molecule has 0 aliphatic heterocycles. The van der Waals surface area contributed by atoms with Crippen LogP contribution in [0.25, 0.3) is 32.9 Å². The van der Waals surface area contributed by atoms with Crippen molar-refractivity contribution in [3.63, 3.8) is 0 Å². The first-order valence-corrected chi connectivity index (χ1v) is 9.86. The van der Waals surface area contributed by atoms with Crippen molar-refractivity contribution in [1.29, 1.82) is 0 Å². The summed E-state index contributed by atoms with van der Waals surface area (Å²) in [5, 5.41) is 3.45. The van der Waals surface area contributed by atoms with Crippen molar-refractivity contribution in [3.8, 4) is 11.3 Å². The van der Waals surface area contributed by atoms with Crippen molar-refractivity contribution in [2.24, 2.45) is 5.41 Å². The highest BCUT2D eigenvalue weighted by molar-refractivity contribution is 6.02. The minimum atomic E-state index is -1.55. The molecule has 28 heavy (non-hydrogen) atoms. The molecule has 0 unspecified atom stereocenters. The van der Waals surface area contributed by atoms with Crippen molar-refractivity contribution < 1.29 is 2.74 Å². The summed E-state index contributed by atoms with van der Waals surface area (Å²) in [7, 11) is 0. The zero-order chi connectivity index (χ0) is 21.5. The summed E-state index contributed by atoms with van der Waals surface area (Å²) in [5.41, 5.74) is 4.86. The molecule has 0 atom stereocenters. The van der Waals surface area contributed by atoms with E-state index in [0.717, 1.165) is 27.7 Å². The van der Waals surface area contributed by atoms with Crippen LogP contribution in [0.4, 0.5) is 0 Å². The van der Waals surface area contributed by atoms with Crippen LogP contribution in [0, 0.1) is 5.41 Å². The number of benzene rings is 2. The van der Waals surface area contributed by atoms with Gasteiger partial charge in [-0.25, -0.2) is 0 Å². The smallest absolute Gasteiger partial charge is 0.0802 e. The average molecular weight is 369 g/mol. The van der Waals surface area contributed by atoms with Gasteiger partial charge in [-0.05, 0) is 58.0 Å². The lowest BCUT2D eigenvalue weighted by Gasteiger charge is -2.35. The van der Waals surface area contributed by atoms with E-state index in [2.05, 4.69) is 50.2 Å². The number of aromatic nitrogens is 2. The van der Waals surface area contributed by atoms with Gasteiger partial charge in [0.2, 0.25) is 0 Å². The zero-order valence-corrected chi connectivity index (χ0v) is 17.1. The Morgan fingerprint density at radius 3 is 2.39 bits per heavy atom. The number of fused-ring (bicyclic) bond motifs is 3. The summed E-state index contributed by atoms with van der Waals surface area (Å²) >= 11 is 0. The molecule has 2 nitrogen and oxygen atoms in total. The summed E-state index contributed by atoms with van der Waals surface area (Å²) in [6, 6.07) is 16.8. The molecule has 0 N–H and O–H groups in total. The van der Waals surface area contributed by atoms with E-state index in [1.54, 1.807) is 6.20 Å². The van der Waals surface area contributed by atoms with Gasteiger partial charge in [0.05, 0.1) is 11.2 Å². The van der Waals surface area contributed by atoms with E-state index >= 15 is 0 Å². The predicted molar refractivity (Wildman–Crippen MR) is 118 cm³/mol. The fraction of sp³-hybridized carbons (Fsp3) is 0.308. The van der Waals surface area contributed by atoms with Gasteiger partial charge in [0.1, 0.15) is 0 Å². The third-order valence-corrected chi connectivity index (χ3v) is 5.71. The topological polar surface area (TPSA) is 25.8 Å². The Labute approximate surface area is 169 Å². The van der Waals surface area contributed by atoms with Gasteiger partial charge in [0.25, 0.3) is 0 Å². The van der Waals surface area contributed by atoms with Gasteiger partial charge in [0, 0.05) is 31.0 Å². The van der Waals surface area contributed by atoms with Crippen LogP contribution in [0.3, 0.4) is 0 Å². The highest BCUT2D eigenvalue weighted by atomic mass is 14.8. The quantitative estimate of drug-likeness (QED) is 0.374. The summed E-state index contributed by atoms with van der Waals surface area (Å²) in [5.74, 6) is 0. The Kier molecular flexibility index (Phi) is 3.06. The number of hydrogen-bond acceptors (Lipinski definition) is 2. The SMILES string of the molecule is [2H]C([2H])(c1cc2c3c(nccc3n1)-c1cc3ccccc3cc1C2(C)C)C(C)(C)C. The Balaban J connectivity index is 1.90. The number of pyridine rings is 2. The normalized spacial score (nSPS) is 16.6. The maximum absolute atomic E-state index is 8.81. The Morgan fingerprint density at radius 1 is 0.964 bits per heavy atom. The van der Waals surface area contributed by atoms with E-state index in [-0.39, 0.29) is 5.41 Å². The maximum Gasteiger partial charge on any atom is 0.0802 e. The predicted octanol–water partition coefficient (Wildman–Crippen LogP) is 6.68. The van der Waals surface area contributed by atoms with Crippen LogP contribution in [0.5, 0.6) is 0 Å². The van der Waals surface area contributed by atoms with E-state index in [1.165, 1.54) is 16.3 Å². The molecular weight excluding hydrogens is 340 g/mol. The lowest BCUT2D eigenvalue weighted by Crippen LogP contribution is -2.25.